The normalized spacial score (nSPS) is 10.8. The van der Waals surface area contributed by atoms with Crippen molar-refractivity contribution in [1.29, 1.82) is 0 Å². The van der Waals surface area contributed by atoms with Crippen LogP contribution in [0, 0.1) is 5.21 Å². The third kappa shape index (κ3) is 0.981. The molecule has 2 rings (SSSR count). The second-order valence-corrected chi connectivity index (χ2v) is 2.81. The molecule has 2 N–H and O–H groups in total. The summed E-state index contributed by atoms with van der Waals surface area (Å²) in [5.41, 5.74) is 0.0196. The van der Waals surface area contributed by atoms with E-state index in [2.05, 4.69) is 0 Å². The highest BCUT2D eigenvalue weighted by molar-refractivity contribution is 5.84. The summed E-state index contributed by atoms with van der Waals surface area (Å²) < 4.78 is 10.3. The van der Waals surface area contributed by atoms with Gasteiger partial charge in [0.1, 0.15) is 0 Å². The van der Waals surface area contributed by atoms with Crippen molar-refractivity contribution in [2.45, 2.75) is 0 Å². The Morgan fingerprint density at radius 1 is 1.33 bits per heavy atom. The molecule has 0 amide bonds. The first-order valence-corrected chi connectivity index (χ1v) is 3.98. The molecule has 0 aromatic carbocycles. The van der Waals surface area contributed by atoms with Crippen LogP contribution < -0.4 is 14.3 Å². The number of rotatable bonds is 2. The van der Waals surface area contributed by atoms with Crippen LogP contribution >= 0.6 is 0 Å². The minimum absolute atomic E-state index is 0.0145. The fourth-order valence-corrected chi connectivity index (χ4v) is 1.45. The van der Waals surface area contributed by atoms with Crippen LogP contribution in [0.3, 0.4) is 0 Å². The lowest BCUT2D eigenvalue weighted by Crippen LogP contribution is -2.36. The van der Waals surface area contributed by atoms with E-state index in [9.17, 15) is 15.6 Å². The van der Waals surface area contributed by atoms with E-state index >= 15 is 0 Å². The van der Waals surface area contributed by atoms with Gasteiger partial charge in [0.25, 0.3) is 0 Å². The molecule has 15 heavy (non-hydrogen) atoms. The summed E-state index contributed by atoms with van der Waals surface area (Å²) in [5.74, 6) is -0.0422. The first kappa shape index (κ1) is 9.31. The molecule has 0 aliphatic heterocycles. The Balaban J connectivity index is 2.91. The summed E-state index contributed by atoms with van der Waals surface area (Å²) >= 11 is 0. The van der Waals surface area contributed by atoms with Crippen LogP contribution in [0.4, 0.5) is 0 Å². The highest BCUT2D eigenvalue weighted by Crippen LogP contribution is 2.30. The molecule has 0 saturated carbocycles. The lowest BCUT2D eigenvalue weighted by Gasteiger charge is -1.98. The second kappa shape index (κ2) is 2.87. The number of methoxy groups -OCH3 is 2. The van der Waals surface area contributed by atoms with Crippen LogP contribution in [0.15, 0.2) is 6.20 Å². The van der Waals surface area contributed by atoms with Gasteiger partial charge >= 0.3 is 11.4 Å². The lowest BCUT2D eigenvalue weighted by molar-refractivity contribution is -0.703. The molecule has 0 fully saturated rings. The Bertz CT molecular complexity index is 514. The fourth-order valence-electron chi connectivity index (χ4n) is 1.45. The summed E-state index contributed by atoms with van der Waals surface area (Å²) in [4.78, 5) is 0.389. The van der Waals surface area contributed by atoms with Crippen molar-refractivity contribution in [3.05, 3.63) is 11.4 Å². The van der Waals surface area contributed by atoms with Crippen molar-refractivity contribution in [3.8, 4) is 11.6 Å². The highest BCUT2D eigenvalue weighted by atomic mass is 16.6. The van der Waals surface area contributed by atoms with Gasteiger partial charge in [-0.1, -0.05) is 0 Å². The molecule has 0 saturated heterocycles. The minimum Gasteiger partial charge on any atom is -0.593 e. The summed E-state index contributed by atoms with van der Waals surface area (Å²) in [6.45, 7) is 0. The average molecular weight is 215 g/mol. The maximum Gasteiger partial charge on any atom is 0.327 e. The molecule has 8 nitrogen and oxygen atoms in total. The van der Waals surface area contributed by atoms with Crippen molar-refractivity contribution in [2.75, 3.05) is 14.2 Å². The van der Waals surface area contributed by atoms with Crippen molar-refractivity contribution in [2.24, 2.45) is 0 Å². The van der Waals surface area contributed by atoms with E-state index in [1.165, 1.54) is 20.4 Å². The molecular weight excluding hydrogens is 206 g/mol. The van der Waals surface area contributed by atoms with Gasteiger partial charge in [-0.05, 0) is 4.85 Å². The summed E-state index contributed by atoms with van der Waals surface area (Å²) in [6, 6.07) is 0. The van der Waals surface area contributed by atoms with E-state index in [1.807, 2.05) is 0 Å². The number of nitrogens with zero attached hydrogens (tertiary/aromatic N) is 3. The Labute approximate surface area is 83.6 Å². The van der Waals surface area contributed by atoms with Gasteiger partial charge in [0.2, 0.25) is 11.3 Å². The number of ether oxygens (including phenoxy) is 2. The first-order valence-electron chi connectivity index (χ1n) is 3.98. The second-order valence-electron chi connectivity index (χ2n) is 2.81. The number of hydrogen-bond donors (Lipinski definition) is 2. The van der Waals surface area contributed by atoms with Gasteiger partial charge in [-0.2, -0.15) is 4.73 Å². The zero-order valence-corrected chi connectivity index (χ0v) is 8.04. The zero-order valence-electron chi connectivity index (χ0n) is 8.04. The fraction of sp³-hybridized carbons (Fsp3) is 0.286. The zero-order chi connectivity index (χ0) is 11.2. The van der Waals surface area contributed by atoms with Crippen molar-refractivity contribution < 1.29 is 24.7 Å². The van der Waals surface area contributed by atoms with Crippen LogP contribution in [-0.4, -0.2) is 34.2 Å². The molecule has 0 radical (unpaired) electrons. The van der Waals surface area contributed by atoms with Gasteiger partial charge < -0.3 is 25.1 Å². The minimum atomic E-state index is -0.175. The predicted molar refractivity (Wildman–Crippen MR) is 46.4 cm³/mol. The Morgan fingerprint density at radius 2 is 2.00 bits per heavy atom. The van der Waals surface area contributed by atoms with Gasteiger partial charge in [0.05, 0.1) is 25.3 Å². The molecular formula is C7H9N3O5. The van der Waals surface area contributed by atoms with Crippen LogP contribution in [0.25, 0.3) is 11.0 Å². The van der Waals surface area contributed by atoms with Crippen molar-refractivity contribution >= 4 is 11.0 Å². The maximum absolute atomic E-state index is 11.4. The molecule has 0 aliphatic rings. The van der Waals surface area contributed by atoms with E-state index in [4.69, 9.17) is 9.47 Å². The molecule has 8 heteroatoms. The summed E-state index contributed by atoms with van der Waals surface area (Å²) in [6.07, 6.45) is 1.20. The molecule has 2 heterocycles. The lowest BCUT2D eigenvalue weighted by atomic mass is 10.4. The Morgan fingerprint density at radius 3 is 2.53 bits per heavy atom. The van der Waals surface area contributed by atoms with E-state index in [0.717, 1.165) is 0 Å². The van der Waals surface area contributed by atoms with Gasteiger partial charge in [-0.3, -0.25) is 0 Å². The molecule has 2 aromatic rings. The predicted octanol–water partition coefficient (Wildman–Crippen LogP) is -0.432. The number of aromatic nitrogens is 3. The molecule has 0 atom stereocenters. The van der Waals surface area contributed by atoms with Gasteiger partial charge in [0.15, 0.2) is 0 Å². The average Bonchev–Trinajstić information content (AvgIpc) is 2.67. The first-order chi connectivity index (χ1) is 7.11. The van der Waals surface area contributed by atoms with Crippen LogP contribution in [0.1, 0.15) is 0 Å². The van der Waals surface area contributed by atoms with Gasteiger partial charge in [0, 0.05) is 0 Å². The smallest absolute Gasteiger partial charge is 0.327 e. The number of hydrogen-bond acceptors (Lipinski definition) is 5. The molecule has 2 aromatic heterocycles. The Kier molecular flexibility index (Phi) is 1.78. The van der Waals surface area contributed by atoms with Crippen molar-refractivity contribution in [3.63, 3.8) is 0 Å². The maximum atomic E-state index is 11.4. The third-order valence-electron chi connectivity index (χ3n) is 2.09. The summed E-state index contributed by atoms with van der Waals surface area (Å²) in [7, 11) is 2.61. The molecule has 0 aliphatic carbocycles. The van der Waals surface area contributed by atoms with Crippen LogP contribution in [-0.2, 0) is 0 Å². The molecule has 0 bridgehead atoms. The standard InChI is InChI=1S/C7H9N3O5/c1-14-4-3-8(11)6-5(4)9(12)10(13)7(6)15-2/h3,11,13H,1-2H3. The van der Waals surface area contributed by atoms with E-state index in [1.54, 1.807) is 0 Å². The van der Waals surface area contributed by atoms with E-state index in [0.29, 0.717) is 4.73 Å². The molecule has 0 spiro atoms. The van der Waals surface area contributed by atoms with Crippen LogP contribution in [0.5, 0.6) is 11.6 Å². The monoisotopic (exact) mass is 215 g/mol. The highest BCUT2D eigenvalue weighted by Gasteiger charge is 2.30. The molecule has 0 unspecified atom stereocenters. The quantitative estimate of drug-likeness (QED) is 0.402. The van der Waals surface area contributed by atoms with Gasteiger partial charge in [-0.25, -0.2) is 0 Å². The van der Waals surface area contributed by atoms with Gasteiger partial charge in [-0.15, -0.1) is 0 Å². The van der Waals surface area contributed by atoms with E-state index in [-0.39, 0.29) is 32.4 Å². The van der Waals surface area contributed by atoms with E-state index < -0.39 is 0 Å². The SMILES string of the molecule is COc1cn(O)c2c(OC)n(O)[n+]([O-])c12. The summed E-state index contributed by atoms with van der Waals surface area (Å²) in [5, 5.41) is 30.2. The van der Waals surface area contributed by atoms with Crippen molar-refractivity contribution in [1.82, 2.24) is 9.58 Å². The van der Waals surface area contributed by atoms with Crippen LogP contribution in [0.2, 0.25) is 0 Å². The topological polar surface area (TPSA) is 95.7 Å². The Hall–Kier alpha value is -2.25. The molecule has 82 valence electrons. The third-order valence-corrected chi connectivity index (χ3v) is 2.09. The number of fused-ring (bicyclic) bond motifs is 1. The largest absolute Gasteiger partial charge is 0.593 e.